The van der Waals surface area contributed by atoms with E-state index in [0.29, 0.717) is 0 Å². The first-order chi connectivity index (χ1) is 28.8. The van der Waals surface area contributed by atoms with Crippen LogP contribution in [0.3, 0.4) is 0 Å². The number of fused-ring (bicyclic) bond motifs is 5. The van der Waals surface area contributed by atoms with Crippen molar-refractivity contribution < 1.29 is 0 Å². The molecule has 10 aromatic rings. The second-order valence-corrected chi connectivity index (χ2v) is 15.2. The molecular weight excluding hydrogens is 701 g/mol. The number of allylic oxidation sites excluding steroid dienone is 1. The predicted octanol–water partition coefficient (Wildman–Crippen LogP) is 15.4. The minimum absolute atomic E-state index is 1.05. The number of rotatable bonds is 7. The van der Waals surface area contributed by atoms with Gasteiger partial charge in [0.1, 0.15) is 0 Å². The van der Waals surface area contributed by atoms with E-state index in [-0.39, 0.29) is 0 Å². The highest BCUT2D eigenvalue weighted by Gasteiger charge is 2.21. The van der Waals surface area contributed by atoms with Crippen LogP contribution in [0, 0.1) is 0 Å². The van der Waals surface area contributed by atoms with Gasteiger partial charge in [-0.1, -0.05) is 164 Å². The predicted molar refractivity (Wildman–Crippen MR) is 247 cm³/mol. The Morgan fingerprint density at radius 3 is 1.86 bits per heavy atom. The van der Waals surface area contributed by atoms with Crippen LogP contribution >= 0.6 is 0 Å². The molecule has 0 saturated carbocycles. The van der Waals surface area contributed by atoms with Crippen LogP contribution in [0.4, 0.5) is 17.1 Å². The Balaban J connectivity index is 1.08. The number of hydrogen-bond acceptors (Lipinski definition) is 1. The molecule has 0 spiro atoms. The minimum Gasteiger partial charge on any atom is -0.310 e. The molecule has 0 atom stereocenters. The normalized spacial score (nSPS) is 12.3. The van der Waals surface area contributed by atoms with Gasteiger partial charge in [-0.05, 0) is 117 Å². The van der Waals surface area contributed by atoms with E-state index < -0.39 is 0 Å². The molecule has 1 aliphatic carbocycles. The molecule has 1 heterocycles. The lowest BCUT2D eigenvalue weighted by atomic mass is 9.92. The Morgan fingerprint density at radius 2 is 1.05 bits per heavy atom. The van der Waals surface area contributed by atoms with Crippen LogP contribution in [-0.2, 0) is 6.42 Å². The number of nitrogens with zero attached hydrogens (tertiary/aromatic N) is 2. The van der Waals surface area contributed by atoms with Gasteiger partial charge in [-0.3, -0.25) is 0 Å². The maximum atomic E-state index is 2.45. The summed E-state index contributed by atoms with van der Waals surface area (Å²) in [6.45, 7) is 0. The summed E-state index contributed by atoms with van der Waals surface area (Å²) in [5, 5.41) is 5.05. The lowest BCUT2D eigenvalue weighted by Gasteiger charge is -2.30. The van der Waals surface area contributed by atoms with Crippen LogP contribution in [0.25, 0.3) is 77.7 Å². The van der Waals surface area contributed by atoms with Crippen LogP contribution in [-0.4, -0.2) is 4.57 Å². The van der Waals surface area contributed by atoms with Gasteiger partial charge in [0, 0.05) is 33.4 Å². The highest BCUT2D eigenvalue weighted by molar-refractivity contribution is 6.09. The lowest BCUT2D eigenvalue weighted by Crippen LogP contribution is -2.13. The molecule has 2 heteroatoms. The zero-order chi connectivity index (χ0) is 38.4. The van der Waals surface area contributed by atoms with Crippen molar-refractivity contribution in [3.63, 3.8) is 0 Å². The first-order valence-corrected chi connectivity index (χ1v) is 20.2. The number of aryl methyl sites for hydroxylation is 1. The minimum atomic E-state index is 1.05. The first kappa shape index (κ1) is 33.9. The van der Waals surface area contributed by atoms with Gasteiger partial charge in [-0.25, -0.2) is 0 Å². The standard InChI is InChI=1S/C56H40N2/c1-2-15-41(16-3-1)53-38-46(35-36-49(53)43-21-12-22-45(37-43)58-55-28-10-8-25-51(55)52-26-9-11-29-56(52)58)57(54-30-14-20-40-18-5-7-24-50(40)54)44-33-31-42(32-34-44)48-27-13-19-39-17-4-6-23-47(39)48/h1-4,6-17,19-38H,5,18H2. The summed E-state index contributed by atoms with van der Waals surface area (Å²) >= 11 is 0. The molecule has 11 rings (SSSR count). The van der Waals surface area contributed by atoms with Gasteiger partial charge >= 0.3 is 0 Å². The maximum absolute atomic E-state index is 2.45. The van der Waals surface area contributed by atoms with Gasteiger partial charge in [-0.15, -0.1) is 0 Å². The molecule has 0 radical (unpaired) electrons. The quantitative estimate of drug-likeness (QED) is 0.158. The van der Waals surface area contributed by atoms with Crippen molar-refractivity contribution in [1.29, 1.82) is 0 Å². The summed E-state index contributed by atoms with van der Waals surface area (Å²) in [6, 6.07) is 75.5. The van der Waals surface area contributed by atoms with Crippen LogP contribution in [0.2, 0.25) is 0 Å². The van der Waals surface area contributed by atoms with Gasteiger partial charge in [0.2, 0.25) is 0 Å². The van der Waals surface area contributed by atoms with E-state index in [9.17, 15) is 0 Å². The molecule has 0 bridgehead atoms. The van der Waals surface area contributed by atoms with Crippen LogP contribution in [0.5, 0.6) is 0 Å². The molecule has 0 fully saturated rings. The molecule has 0 aliphatic heterocycles. The van der Waals surface area contributed by atoms with Crippen molar-refractivity contribution in [3.05, 3.63) is 223 Å². The zero-order valence-electron chi connectivity index (χ0n) is 32.1. The number of hydrogen-bond donors (Lipinski definition) is 0. The smallest absolute Gasteiger partial charge is 0.0541 e. The zero-order valence-corrected chi connectivity index (χ0v) is 32.1. The van der Waals surface area contributed by atoms with Gasteiger partial charge in [0.05, 0.1) is 16.7 Å². The van der Waals surface area contributed by atoms with E-state index in [1.807, 2.05) is 0 Å². The van der Waals surface area contributed by atoms with Crippen molar-refractivity contribution in [3.8, 4) is 39.1 Å². The van der Waals surface area contributed by atoms with Gasteiger partial charge < -0.3 is 9.47 Å². The van der Waals surface area contributed by atoms with Crippen molar-refractivity contribution in [1.82, 2.24) is 4.57 Å². The summed E-state index contributed by atoms with van der Waals surface area (Å²) in [4.78, 5) is 2.45. The van der Waals surface area contributed by atoms with E-state index in [2.05, 4.69) is 228 Å². The number of benzene rings is 9. The van der Waals surface area contributed by atoms with Crippen LogP contribution in [0.1, 0.15) is 17.5 Å². The SMILES string of the molecule is C1=Cc2c(cccc2N(c2ccc(-c3cccc4ccccc34)cc2)c2ccc(-c3cccc(-n4c5ccccc5c5ccccc54)c3)c(-c3ccccc3)c2)CC1. The second-order valence-electron chi connectivity index (χ2n) is 15.2. The van der Waals surface area contributed by atoms with Crippen molar-refractivity contribution >= 4 is 55.7 Å². The number of anilines is 3. The summed E-state index contributed by atoms with van der Waals surface area (Å²) in [7, 11) is 0. The van der Waals surface area contributed by atoms with Gasteiger partial charge in [0.15, 0.2) is 0 Å². The highest BCUT2D eigenvalue weighted by atomic mass is 15.1. The third kappa shape index (κ3) is 5.81. The molecule has 0 N–H and O–H groups in total. The topological polar surface area (TPSA) is 8.17 Å². The highest BCUT2D eigenvalue weighted by Crippen LogP contribution is 2.44. The third-order valence-electron chi connectivity index (χ3n) is 11.8. The maximum Gasteiger partial charge on any atom is 0.0541 e. The molecule has 1 aromatic heterocycles. The average Bonchev–Trinajstić information content (AvgIpc) is 3.64. The Morgan fingerprint density at radius 1 is 0.414 bits per heavy atom. The fraction of sp³-hybridized carbons (Fsp3) is 0.0357. The van der Waals surface area contributed by atoms with Crippen molar-refractivity contribution in [2.75, 3.05) is 4.90 Å². The van der Waals surface area contributed by atoms with E-state index >= 15 is 0 Å². The fourth-order valence-electron chi connectivity index (χ4n) is 9.13. The Hall–Kier alpha value is -7.42. The molecule has 0 unspecified atom stereocenters. The largest absolute Gasteiger partial charge is 0.310 e. The van der Waals surface area contributed by atoms with E-state index in [1.54, 1.807) is 0 Å². The second kappa shape index (κ2) is 14.3. The molecule has 0 saturated heterocycles. The molecule has 0 amide bonds. The summed E-state index contributed by atoms with van der Waals surface area (Å²) in [5.41, 5.74) is 16.9. The van der Waals surface area contributed by atoms with Crippen molar-refractivity contribution in [2.24, 2.45) is 0 Å². The van der Waals surface area contributed by atoms with Crippen LogP contribution < -0.4 is 4.90 Å². The lowest BCUT2D eigenvalue weighted by molar-refractivity contribution is 0.984. The molecule has 1 aliphatic rings. The van der Waals surface area contributed by atoms with E-state index in [4.69, 9.17) is 0 Å². The third-order valence-corrected chi connectivity index (χ3v) is 11.8. The summed E-state index contributed by atoms with van der Waals surface area (Å²) < 4.78 is 2.40. The molecule has 9 aromatic carbocycles. The molecule has 58 heavy (non-hydrogen) atoms. The Kier molecular flexibility index (Phi) is 8.33. The number of aromatic nitrogens is 1. The first-order valence-electron chi connectivity index (χ1n) is 20.2. The Labute approximate surface area is 339 Å². The molecular formula is C56H40N2. The van der Waals surface area contributed by atoms with Gasteiger partial charge in [0.25, 0.3) is 0 Å². The monoisotopic (exact) mass is 740 g/mol. The van der Waals surface area contributed by atoms with Crippen LogP contribution in [0.15, 0.2) is 212 Å². The fourth-order valence-corrected chi connectivity index (χ4v) is 9.13. The summed E-state index contributed by atoms with van der Waals surface area (Å²) in [5.74, 6) is 0. The van der Waals surface area contributed by atoms with E-state index in [1.165, 1.54) is 82.8 Å². The van der Waals surface area contributed by atoms with Crippen molar-refractivity contribution in [2.45, 2.75) is 12.8 Å². The molecule has 274 valence electrons. The van der Waals surface area contributed by atoms with E-state index in [0.717, 1.165) is 29.9 Å². The Bertz CT molecular complexity index is 3110. The summed E-state index contributed by atoms with van der Waals surface area (Å²) in [6.07, 6.45) is 6.75. The number of para-hydroxylation sites is 2. The van der Waals surface area contributed by atoms with Gasteiger partial charge in [-0.2, -0.15) is 0 Å². The average molecular weight is 741 g/mol. The molecule has 2 nitrogen and oxygen atoms in total.